The minimum Gasteiger partial charge on any atom is -0.478 e. The van der Waals surface area contributed by atoms with Gasteiger partial charge in [0.1, 0.15) is 6.10 Å². The highest BCUT2D eigenvalue weighted by atomic mass is 16.5. The molecule has 1 N–H and O–H groups in total. The first-order valence-electron chi connectivity index (χ1n) is 6.50. The third kappa shape index (κ3) is 4.39. The van der Waals surface area contributed by atoms with Crippen LogP contribution < -0.4 is 0 Å². The lowest BCUT2D eigenvalue weighted by atomic mass is 10.0. The summed E-state index contributed by atoms with van der Waals surface area (Å²) in [6.45, 7) is 6.08. The number of hydrogen-bond donors (Lipinski definition) is 1. The molecule has 0 aliphatic carbocycles. The molecule has 0 fully saturated rings. The Labute approximate surface area is 113 Å². The summed E-state index contributed by atoms with van der Waals surface area (Å²) in [6.07, 6.45) is 1.68. The van der Waals surface area contributed by atoms with Crippen molar-refractivity contribution in [3.05, 3.63) is 35.4 Å². The first-order chi connectivity index (χ1) is 8.95. The Kier molecular flexibility index (Phi) is 5.55. The Morgan fingerprint density at radius 2 is 1.68 bits per heavy atom. The number of carbonyl (C=O) groups is 2. The molecule has 0 aromatic heterocycles. The quantitative estimate of drug-likeness (QED) is 0.800. The van der Waals surface area contributed by atoms with Gasteiger partial charge in [-0.15, -0.1) is 0 Å². The van der Waals surface area contributed by atoms with Gasteiger partial charge in [0.15, 0.2) is 0 Å². The second-order valence-corrected chi connectivity index (χ2v) is 4.86. The molecule has 0 bridgehead atoms. The molecule has 4 heteroatoms. The minimum absolute atomic E-state index is 0.100. The van der Waals surface area contributed by atoms with Gasteiger partial charge in [-0.25, -0.2) is 9.59 Å². The van der Waals surface area contributed by atoms with Gasteiger partial charge in [0.25, 0.3) is 0 Å². The number of rotatable bonds is 6. The van der Waals surface area contributed by atoms with Crippen molar-refractivity contribution in [2.24, 2.45) is 5.92 Å². The van der Waals surface area contributed by atoms with Crippen LogP contribution in [-0.4, -0.2) is 23.1 Å². The second-order valence-electron chi connectivity index (χ2n) is 4.86. The average Bonchev–Trinajstić information content (AvgIpc) is 2.38. The predicted molar refractivity (Wildman–Crippen MR) is 72.4 cm³/mol. The molecule has 19 heavy (non-hydrogen) atoms. The topological polar surface area (TPSA) is 63.6 Å². The predicted octanol–water partition coefficient (Wildman–Crippen LogP) is 3.37. The first kappa shape index (κ1) is 15.2. The Morgan fingerprint density at radius 1 is 1.16 bits per heavy atom. The molecule has 1 rings (SSSR count). The van der Waals surface area contributed by atoms with Crippen LogP contribution >= 0.6 is 0 Å². The fourth-order valence-corrected chi connectivity index (χ4v) is 1.77. The Balaban J connectivity index is 2.74. The number of carboxylic acid groups (broad SMARTS) is 1. The summed E-state index contributed by atoms with van der Waals surface area (Å²) in [5.74, 6) is -1.14. The summed E-state index contributed by atoms with van der Waals surface area (Å²) in [4.78, 5) is 22.7. The highest BCUT2D eigenvalue weighted by molar-refractivity contribution is 5.92. The van der Waals surface area contributed by atoms with E-state index in [-0.39, 0.29) is 17.6 Å². The van der Waals surface area contributed by atoms with E-state index < -0.39 is 11.9 Å². The van der Waals surface area contributed by atoms with Gasteiger partial charge in [-0.05, 0) is 36.6 Å². The third-order valence-corrected chi connectivity index (χ3v) is 2.94. The van der Waals surface area contributed by atoms with Crippen molar-refractivity contribution >= 4 is 11.9 Å². The van der Waals surface area contributed by atoms with Crippen LogP contribution in [0.3, 0.4) is 0 Å². The SMILES string of the molecule is CCCC(OC(=O)c1ccc(C(=O)O)cc1)C(C)C. The van der Waals surface area contributed by atoms with E-state index in [0.717, 1.165) is 12.8 Å². The largest absolute Gasteiger partial charge is 0.478 e. The van der Waals surface area contributed by atoms with Crippen LogP contribution in [0, 0.1) is 5.92 Å². The standard InChI is InChI=1S/C15H20O4/c1-4-5-13(10(2)3)19-15(18)12-8-6-11(7-9-12)14(16)17/h6-10,13H,4-5H2,1-3H3,(H,16,17). The fourth-order valence-electron chi connectivity index (χ4n) is 1.77. The molecular formula is C15H20O4. The first-order valence-corrected chi connectivity index (χ1v) is 6.50. The highest BCUT2D eigenvalue weighted by Crippen LogP contribution is 2.15. The Hall–Kier alpha value is -1.84. The average molecular weight is 264 g/mol. The van der Waals surface area contributed by atoms with Crippen LogP contribution in [0.25, 0.3) is 0 Å². The van der Waals surface area contributed by atoms with Crippen molar-refractivity contribution < 1.29 is 19.4 Å². The summed E-state index contributed by atoms with van der Waals surface area (Å²) in [5, 5.41) is 8.79. The van der Waals surface area contributed by atoms with Gasteiger partial charge < -0.3 is 9.84 Å². The zero-order valence-electron chi connectivity index (χ0n) is 11.6. The maximum absolute atomic E-state index is 11.9. The molecule has 0 saturated carbocycles. The molecule has 0 amide bonds. The third-order valence-electron chi connectivity index (χ3n) is 2.94. The summed E-state index contributed by atoms with van der Waals surface area (Å²) >= 11 is 0. The van der Waals surface area contributed by atoms with Gasteiger partial charge in [-0.3, -0.25) is 0 Å². The number of aromatic carboxylic acids is 1. The van der Waals surface area contributed by atoms with Crippen LogP contribution in [0.2, 0.25) is 0 Å². The van der Waals surface area contributed by atoms with Crippen LogP contribution in [0.5, 0.6) is 0 Å². The van der Waals surface area contributed by atoms with Crippen molar-refractivity contribution in [1.29, 1.82) is 0 Å². The van der Waals surface area contributed by atoms with Crippen LogP contribution in [0.1, 0.15) is 54.3 Å². The molecule has 0 heterocycles. The van der Waals surface area contributed by atoms with E-state index in [1.165, 1.54) is 24.3 Å². The van der Waals surface area contributed by atoms with E-state index >= 15 is 0 Å². The normalized spacial score (nSPS) is 12.2. The molecule has 1 aromatic rings. The maximum Gasteiger partial charge on any atom is 0.338 e. The van der Waals surface area contributed by atoms with E-state index in [9.17, 15) is 9.59 Å². The molecular weight excluding hydrogens is 244 g/mol. The van der Waals surface area contributed by atoms with Crippen molar-refractivity contribution in [2.75, 3.05) is 0 Å². The molecule has 0 aliphatic rings. The van der Waals surface area contributed by atoms with Gasteiger partial charge >= 0.3 is 11.9 Å². The van der Waals surface area contributed by atoms with Crippen LogP contribution in [-0.2, 0) is 4.74 Å². The fraction of sp³-hybridized carbons (Fsp3) is 0.467. The lowest BCUT2D eigenvalue weighted by Crippen LogP contribution is -2.23. The van der Waals surface area contributed by atoms with Crippen molar-refractivity contribution in [1.82, 2.24) is 0 Å². The lowest BCUT2D eigenvalue weighted by Gasteiger charge is -2.20. The number of carbonyl (C=O) groups excluding carboxylic acids is 1. The lowest BCUT2D eigenvalue weighted by molar-refractivity contribution is 0.0156. The monoisotopic (exact) mass is 264 g/mol. The van der Waals surface area contributed by atoms with Gasteiger partial charge in [0.05, 0.1) is 11.1 Å². The summed E-state index contributed by atoms with van der Waals surface area (Å²) in [7, 11) is 0. The van der Waals surface area contributed by atoms with Gasteiger partial charge in [0, 0.05) is 0 Å². The van der Waals surface area contributed by atoms with Gasteiger partial charge in [-0.2, -0.15) is 0 Å². The summed E-state index contributed by atoms with van der Waals surface area (Å²) < 4.78 is 5.45. The molecule has 1 unspecified atom stereocenters. The number of hydrogen-bond acceptors (Lipinski definition) is 3. The van der Waals surface area contributed by atoms with Crippen LogP contribution in [0.15, 0.2) is 24.3 Å². The Morgan fingerprint density at radius 3 is 2.11 bits per heavy atom. The molecule has 4 nitrogen and oxygen atoms in total. The molecule has 0 aliphatic heterocycles. The zero-order valence-corrected chi connectivity index (χ0v) is 11.6. The van der Waals surface area contributed by atoms with Crippen LogP contribution in [0.4, 0.5) is 0 Å². The molecule has 0 saturated heterocycles. The van der Waals surface area contributed by atoms with Gasteiger partial charge in [0.2, 0.25) is 0 Å². The number of esters is 1. The van der Waals surface area contributed by atoms with Crippen molar-refractivity contribution in [3.8, 4) is 0 Å². The van der Waals surface area contributed by atoms with E-state index in [1.54, 1.807) is 0 Å². The summed E-state index contributed by atoms with van der Waals surface area (Å²) in [6, 6.07) is 5.77. The van der Waals surface area contributed by atoms with E-state index in [2.05, 4.69) is 0 Å². The zero-order chi connectivity index (χ0) is 14.4. The molecule has 0 radical (unpaired) electrons. The maximum atomic E-state index is 11.9. The van der Waals surface area contributed by atoms with E-state index in [1.807, 2.05) is 20.8 Å². The summed E-state index contributed by atoms with van der Waals surface area (Å²) in [5.41, 5.74) is 0.539. The van der Waals surface area contributed by atoms with E-state index in [0.29, 0.717) is 5.56 Å². The number of carboxylic acids is 1. The Bertz CT molecular complexity index is 434. The second kappa shape index (κ2) is 6.92. The molecule has 1 aromatic carbocycles. The molecule has 104 valence electrons. The number of ether oxygens (including phenoxy) is 1. The van der Waals surface area contributed by atoms with Crippen molar-refractivity contribution in [3.63, 3.8) is 0 Å². The minimum atomic E-state index is -1.01. The molecule has 0 spiro atoms. The van der Waals surface area contributed by atoms with E-state index in [4.69, 9.17) is 9.84 Å². The van der Waals surface area contributed by atoms with Crippen molar-refractivity contribution in [2.45, 2.75) is 39.7 Å². The highest BCUT2D eigenvalue weighted by Gasteiger charge is 2.18. The number of benzene rings is 1. The smallest absolute Gasteiger partial charge is 0.338 e. The molecule has 1 atom stereocenters. The van der Waals surface area contributed by atoms with Gasteiger partial charge in [-0.1, -0.05) is 27.2 Å².